The molecule has 0 N–H and O–H groups in total. The highest BCUT2D eigenvalue weighted by atomic mass is 32.2. The van der Waals surface area contributed by atoms with Crippen LogP contribution in [0.2, 0.25) is 0 Å². The van der Waals surface area contributed by atoms with Gasteiger partial charge in [-0.25, -0.2) is 5.01 Å². The van der Waals surface area contributed by atoms with Crippen molar-refractivity contribution < 1.29 is 4.79 Å². The van der Waals surface area contributed by atoms with Crippen LogP contribution in [0.4, 0.5) is 0 Å². The minimum Gasteiger partial charge on any atom is -0.272 e. The molecule has 1 amide bonds. The highest BCUT2D eigenvalue weighted by Gasteiger charge is 2.34. The van der Waals surface area contributed by atoms with Crippen molar-refractivity contribution in [2.75, 3.05) is 5.75 Å². The predicted octanol–water partition coefficient (Wildman–Crippen LogP) is 4.56. The lowest BCUT2D eigenvalue weighted by Crippen LogP contribution is -2.28. The van der Waals surface area contributed by atoms with Crippen LogP contribution in [0.15, 0.2) is 69.5 Å². The Morgan fingerprint density at radius 1 is 1.13 bits per heavy atom. The van der Waals surface area contributed by atoms with Crippen molar-refractivity contribution in [2.45, 2.75) is 24.5 Å². The van der Waals surface area contributed by atoms with Crippen molar-refractivity contribution in [2.24, 2.45) is 5.10 Å². The highest BCUT2D eigenvalue weighted by molar-refractivity contribution is 7.99. The zero-order valence-corrected chi connectivity index (χ0v) is 19.0. The molecule has 31 heavy (non-hydrogen) atoms. The standard InChI is InChI=1S/C21H18N6OS3/c1-14-6-2-3-7-16(14)27-21(22-24-25-27)31-13-20(28)26-17(19-9-5-11-30-19)12-15(23-26)18-8-4-10-29-18/h2-11,17H,12-13H2,1H3. The Morgan fingerprint density at radius 2 is 1.97 bits per heavy atom. The van der Waals surface area contributed by atoms with E-state index in [0.29, 0.717) is 5.16 Å². The van der Waals surface area contributed by atoms with Crippen molar-refractivity contribution >= 4 is 46.1 Å². The Balaban J connectivity index is 1.36. The number of hydrazone groups is 1. The molecule has 0 saturated heterocycles. The maximum atomic E-state index is 13.2. The van der Waals surface area contributed by atoms with E-state index in [-0.39, 0.29) is 17.7 Å². The molecule has 0 aliphatic carbocycles. The largest absolute Gasteiger partial charge is 0.272 e. The quantitative estimate of drug-likeness (QED) is 0.389. The van der Waals surface area contributed by atoms with Crippen LogP contribution < -0.4 is 0 Å². The van der Waals surface area contributed by atoms with Crippen molar-refractivity contribution in [3.63, 3.8) is 0 Å². The minimum absolute atomic E-state index is 0.0608. The summed E-state index contributed by atoms with van der Waals surface area (Å²) in [7, 11) is 0. The fourth-order valence-electron chi connectivity index (χ4n) is 3.45. The summed E-state index contributed by atoms with van der Waals surface area (Å²) in [6.07, 6.45) is 0.721. The first kappa shape index (κ1) is 20.1. The van der Waals surface area contributed by atoms with E-state index < -0.39 is 0 Å². The molecule has 0 bridgehead atoms. The monoisotopic (exact) mass is 466 g/mol. The molecule has 5 rings (SSSR count). The van der Waals surface area contributed by atoms with Gasteiger partial charge in [-0.05, 0) is 51.9 Å². The number of aryl methyl sites for hydroxylation is 1. The van der Waals surface area contributed by atoms with Crippen LogP contribution in [-0.2, 0) is 4.79 Å². The zero-order chi connectivity index (χ0) is 21.2. The average Bonchev–Trinajstić information content (AvgIpc) is 3.58. The Labute approximate surface area is 191 Å². The Hall–Kier alpha value is -2.82. The molecule has 0 fully saturated rings. The van der Waals surface area contributed by atoms with Crippen LogP contribution in [0.3, 0.4) is 0 Å². The molecular weight excluding hydrogens is 448 g/mol. The third kappa shape index (κ3) is 4.06. The lowest BCUT2D eigenvalue weighted by molar-refractivity contribution is -0.130. The van der Waals surface area contributed by atoms with Gasteiger partial charge in [0.1, 0.15) is 0 Å². The van der Waals surface area contributed by atoms with Gasteiger partial charge in [0.05, 0.1) is 28.1 Å². The molecular formula is C21H18N6OS3. The van der Waals surface area contributed by atoms with Gasteiger partial charge in [0.2, 0.25) is 5.16 Å². The van der Waals surface area contributed by atoms with Crippen molar-refractivity contribution in [3.8, 4) is 5.69 Å². The predicted molar refractivity (Wildman–Crippen MR) is 124 cm³/mol. The third-order valence-corrected chi connectivity index (χ3v) is 7.75. The van der Waals surface area contributed by atoms with Crippen LogP contribution in [0, 0.1) is 6.92 Å². The number of nitrogens with zero attached hydrogens (tertiary/aromatic N) is 6. The van der Waals surface area contributed by atoms with Gasteiger partial charge in [-0.2, -0.15) is 9.78 Å². The molecule has 0 saturated carbocycles. The summed E-state index contributed by atoms with van der Waals surface area (Å²) in [6.45, 7) is 2.01. The summed E-state index contributed by atoms with van der Waals surface area (Å²) in [6, 6.07) is 15.9. The number of para-hydroxylation sites is 1. The molecule has 3 aromatic heterocycles. The second-order valence-corrected chi connectivity index (χ2v) is 9.82. The van der Waals surface area contributed by atoms with Crippen LogP contribution in [0.1, 0.15) is 27.8 Å². The number of benzene rings is 1. The van der Waals surface area contributed by atoms with Crippen molar-refractivity contribution in [1.29, 1.82) is 0 Å². The molecule has 1 atom stereocenters. The molecule has 156 valence electrons. The first-order valence-corrected chi connectivity index (χ1v) is 12.4. The van der Waals surface area contributed by atoms with E-state index in [9.17, 15) is 4.79 Å². The molecule has 1 unspecified atom stereocenters. The summed E-state index contributed by atoms with van der Waals surface area (Å²) in [5.74, 6) is 0.143. The van der Waals surface area contributed by atoms with Gasteiger partial charge >= 0.3 is 0 Å². The Kier molecular flexibility index (Phi) is 5.66. The van der Waals surface area contributed by atoms with Gasteiger partial charge in [0.25, 0.3) is 5.91 Å². The SMILES string of the molecule is Cc1ccccc1-n1nnnc1SCC(=O)N1N=C(c2cccs2)CC1c1cccs1. The van der Waals surface area contributed by atoms with E-state index in [1.54, 1.807) is 32.4 Å². The summed E-state index contributed by atoms with van der Waals surface area (Å²) >= 11 is 4.62. The Bertz CT molecular complexity index is 1220. The normalized spacial score (nSPS) is 16.0. The number of hydrogen-bond donors (Lipinski definition) is 0. The maximum absolute atomic E-state index is 13.2. The molecule has 10 heteroatoms. The number of tetrazole rings is 1. The zero-order valence-electron chi connectivity index (χ0n) is 16.6. The average molecular weight is 467 g/mol. The first-order chi connectivity index (χ1) is 15.2. The van der Waals surface area contributed by atoms with E-state index in [4.69, 9.17) is 5.10 Å². The molecule has 4 aromatic rings. The number of thioether (sulfide) groups is 1. The summed E-state index contributed by atoms with van der Waals surface area (Å²) in [4.78, 5) is 15.4. The van der Waals surface area contributed by atoms with Crippen molar-refractivity contribution in [1.82, 2.24) is 25.2 Å². The van der Waals surface area contributed by atoms with Crippen LogP contribution in [0.5, 0.6) is 0 Å². The summed E-state index contributed by atoms with van der Waals surface area (Å²) in [5, 5.41) is 23.0. The van der Waals surface area contributed by atoms with Gasteiger partial charge < -0.3 is 0 Å². The second kappa shape index (κ2) is 8.74. The van der Waals surface area contributed by atoms with E-state index in [1.807, 2.05) is 60.1 Å². The second-order valence-electron chi connectivity index (χ2n) is 6.95. The van der Waals surface area contributed by atoms with Gasteiger partial charge in [-0.3, -0.25) is 4.79 Å². The van der Waals surface area contributed by atoms with Gasteiger partial charge in [0, 0.05) is 11.3 Å². The molecule has 0 spiro atoms. The summed E-state index contributed by atoms with van der Waals surface area (Å²) in [5.41, 5.74) is 2.92. The van der Waals surface area contributed by atoms with Crippen LogP contribution >= 0.6 is 34.4 Å². The number of aromatic nitrogens is 4. The smallest absolute Gasteiger partial charge is 0.253 e. The van der Waals surface area contributed by atoms with E-state index in [0.717, 1.165) is 33.1 Å². The van der Waals surface area contributed by atoms with Crippen LogP contribution in [-0.4, -0.2) is 42.6 Å². The van der Waals surface area contributed by atoms with Crippen molar-refractivity contribution in [3.05, 3.63) is 74.6 Å². The lowest BCUT2D eigenvalue weighted by Gasteiger charge is -2.20. The molecule has 1 aliphatic rings. The molecule has 1 aliphatic heterocycles. The van der Waals surface area contributed by atoms with Crippen LogP contribution in [0.25, 0.3) is 5.69 Å². The molecule has 7 nitrogen and oxygen atoms in total. The fraction of sp³-hybridized carbons (Fsp3) is 0.190. The number of hydrogen-bond acceptors (Lipinski definition) is 8. The number of rotatable bonds is 6. The minimum atomic E-state index is -0.0717. The molecule has 4 heterocycles. The maximum Gasteiger partial charge on any atom is 0.253 e. The lowest BCUT2D eigenvalue weighted by atomic mass is 10.1. The third-order valence-electron chi connectivity index (χ3n) is 4.95. The number of thiophene rings is 2. The topological polar surface area (TPSA) is 76.3 Å². The van der Waals surface area contributed by atoms with E-state index >= 15 is 0 Å². The van der Waals surface area contributed by atoms with Gasteiger partial charge in [-0.1, -0.05) is 42.1 Å². The Morgan fingerprint density at radius 3 is 2.74 bits per heavy atom. The molecule has 0 radical (unpaired) electrons. The number of amides is 1. The fourth-order valence-corrected chi connectivity index (χ4v) is 5.72. The highest BCUT2D eigenvalue weighted by Crippen LogP contribution is 2.36. The number of carbonyl (C=O) groups is 1. The van der Waals surface area contributed by atoms with E-state index in [1.165, 1.54) is 11.8 Å². The number of carbonyl (C=O) groups excluding carboxylic acids is 1. The van der Waals surface area contributed by atoms with E-state index in [2.05, 4.69) is 21.6 Å². The molecule has 1 aromatic carbocycles. The van der Waals surface area contributed by atoms with Gasteiger partial charge in [-0.15, -0.1) is 27.8 Å². The first-order valence-electron chi connectivity index (χ1n) is 9.64. The summed E-state index contributed by atoms with van der Waals surface area (Å²) < 4.78 is 1.67. The van der Waals surface area contributed by atoms with Gasteiger partial charge in [0.15, 0.2) is 0 Å².